The van der Waals surface area contributed by atoms with E-state index in [0.717, 1.165) is 23.2 Å². The Hall–Kier alpha value is -1.84. The first-order valence-electron chi connectivity index (χ1n) is 6.51. The number of ether oxygens (including phenoxy) is 1. The molecule has 1 fully saturated rings. The van der Waals surface area contributed by atoms with Gasteiger partial charge in [0.2, 0.25) is 0 Å². The van der Waals surface area contributed by atoms with Crippen LogP contribution >= 0.6 is 0 Å². The van der Waals surface area contributed by atoms with Gasteiger partial charge in [-0.1, -0.05) is 25.1 Å². The lowest BCUT2D eigenvalue weighted by molar-refractivity contribution is -0.148. The van der Waals surface area contributed by atoms with E-state index in [1.807, 2.05) is 39.0 Å². The van der Waals surface area contributed by atoms with Crippen LogP contribution in [0.3, 0.4) is 0 Å². The number of benzene rings is 1. The highest BCUT2D eigenvalue weighted by atomic mass is 16.5. The molecule has 0 heterocycles. The molecule has 0 bridgehead atoms. The van der Waals surface area contributed by atoms with Crippen molar-refractivity contribution in [2.45, 2.75) is 27.2 Å². The van der Waals surface area contributed by atoms with Crippen LogP contribution in [0.5, 0.6) is 0 Å². The summed E-state index contributed by atoms with van der Waals surface area (Å²) in [6, 6.07) is 5.80. The quantitative estimate of drug-likeness (QED) is 0.847. The molecule has 1 aliphatic carbocycles. The third-order valence-electron chi connectivity index (χ3n) is 3.50. The van der Waals surface area contributed by atoms with E-state index in [1.165, 1.54) is 0 Å². The predicted octanol–water partition coefficient (Wildman–Crippen LogP) is 2.44. The van der Waals surface area contributed by atoms with Gasteiger partial charge < -0.3 is 10.1 Å². The van der Waals surface area contributed by atoms with Crippen LogP contribution in [-0.4, -0.2) is 18.5 Å². The number of hydrogen-bond acceptors (Lipinski definition) is 3. The van der Waals surface area contributed by atoms with E-state index in [4.69, 9.17) is 4.74 Å². The lowest BCUT2D eigenvalue weighted by atomic mass is 10.1. The summed E-state index contributed by atoms with van der Waals surface area (Å²) >= 11 is 0. The molecule has 102 valence electrons. The fourth-order valence-corrected chi connectivity index (χ4v) is 2.08. The van der Waals surface area contributed by atoms with Gasteiger partial charge in [0.25, 0.3) is 5.91 Å². The molecule has 0 unspecified atom stereocenters. The summed E-state index contributed by atoms with van der Waals surface area (Å²) in [6.45, 7) is 5.65. The fourth-order valence-electron chi connectivity index (χ4n) is 2.08. The Labute approximate surface area is 113 Å². The third-order valence-corrected chi connectivity index (χ3v) is 3.50. The van der Waals surface area contributed by atoms with Crippen molar-refractivity contribution in [1.29, 1.82) is 0 Å². The average Bonchev–Trinajstić information content (AvgIpc) is 3.08. The zero-order valence-corrected chi connectivity index (χ0v) is 11.5. The summed E-state index contributed by atoms with van der Waals surface area (Å²) in [6.07, 6.45) is 0.872. The Morgan fingerprint density at radius 2 is 1.89 bits per heavy atom. The molecule has 19 heavy (non-hydrogen) atoms. The molecular weight excluding hydrogens is 242 g/mol. The summed E-state index contributed by atoms with van der Waals surface area (Å²) in [5.74, 6) is -0.162. The van der Waals surface area contributed by atoms with E-state index < -0.39 is 0 Å². The number of amides is 1. The number of anilines is 1. The first-order chi connectivity index (χ1) is 8.99. The second kappa shape index (κ2) is 5.43. The summed E-state index contributed by atoms with van der Waals surface area (Å²) in [7, 11) is 0. The number of carbonyl (C=O) groups excluding carboxylic acids is 2. The van der Waals surface area contributed by atoms with E-state index in [-0.39, 0.29) is 24.4 Å². The molecule has 0 spiro atoms. The molecule has 0 radical (unpaired) electrons. The fraction of sp³-hybridized carbons (Fsp3) is 0.467. The zero-order valence-electron chi connectivity index (χ0n) is 11.5. The van der Waals surface area contributed by atoms with Crippen molar-refractivity contribution in [2.24, 2.45) is 11.8 Å². The highest BCUT2D eigenvalue weighted by Crippen LogP contribution is 2.38. The van der Waals surface area contributed by atoms with Gasteiger partial charge in [-0.15, -0.1) is 0 Å². The zero-order chi connectivity index (χ0) is 14.0. The average molecular weight is 261 g/mol. The number of rotatable bonds is 4. The summed E-state index contributed by atoms with van der Waals surface area (Å²) in [5, 5.41) is 2.79. The van der Waals surface area contributed by atoms with Gasteiger partial charge in [0.1, 0.15) is 0 Å². The van der Waals surface area contributed by atoms with E-state index >= 15 is 0 Å². The van der Waals surface area contributed by atoms with Crippen molar-refractivity contribution in [3.63, 3.8) is 0 Å². The van der Waals surface area contributed by atoms with Crippen LogP contribution in [0.2, 0.25) is 0 Å². The van der Waals surface area contributed by atoms with Crippen molar-refractivity contribution >= 4 is 17.6 Å². The van der Waals surface area contributed by atoms with Gasteiger partial charge in [-0.25, -0.2) is 0 Å². The van der Waals surface area contributed by atoms with Gasteiger partial charge in [0.05, 0.1) is 5.92 Å². The molecule has 0 aromatic heterocycles. The smallest absolute Gasteiger partial charge is 0.309 e. The molecule has 4 nitrogen and oxygen atoms in total. The van der Waals surface area contributed by atoms with Crippen LogP contribution < -0.4 is 5.32 Å². The molecule has 1 aliphatic rings. The van der Waals surface area contributed by atoms with Crippen molar-refractivity contribution in [2.75, 3.05) is 11.9 Å². The SMILES string of the molecule is Cc1cccc(C)c1NC(=O)COC(=O)[C@H]1C[C@H]1C. The van der Waals surface area contributed by atoms with E-state index in [1.54, 1.807) is 0 Å². The van der Waals surface area contributed by atoms with Crippen LogP contribution in [-0.2, 0) is 14.3 Å². The summed E-state index contributed by atoms with van der Waals surface area (Å²) in [4.78, 5) is 23.3. The van der Waals surface area contributed by atoms with Crippen LogP contribution in [0, 0.1) is 25.7 Å². The van der Waals surface area contributed by atoms with Crippen molar-refractivity contribution in [1.82, 2.24) is 0 Å². The van der Waals surface area contributed by atoms with E-state index in [0.29, 0.717) is 5.92 Å². The van der Waals surface area contributed by atoms with Gasteiger partial charge in [0.15, 0.2) is 6.61 Å². The number of carbonyl (C=O) groups is 2. The molecule has 2 atom stereocenters. The van der Waals surface area contributed by atoms with Crippen LogP contribution in [0.25, 0.3) is 0 Å². The maximum absolute atomic E-state index is 11.8. The van der Waals surface area contributed by atoms with Crippen molar-refractivity contribution in [3.8, 4) is 0 Å². The van der Waals surface area contributed by atoms with E-state index in [2.05, 4.69) is 5.32 Å². The number of para-hydroxylation sites is 1. The van der Waals surface area contributed by atoms with Crippen molar-refractivity contribution in [3.05, 3.63) is 29.3 Å². The maximum atomic E-state index is 11.8. The number of nitrogens with one attached hydrogen (secondary N) is 1. The Morgan fingerprint density at radius 3 is 2.42 bits per heavy atom. The number of esters is 1. The second-order valence-electron chi connectivity index (χ2n) is 5.24. The molecular formula is C15H19NO3. The molecule has 1 saturated carbocycles. The lowest BCUT2D eigenvalue weighted by Gasteiger charge is -2.11. The van der Waals surface area contributed by atoms with Gasteiger partial charge in [-0.2, -0.15) is 0 Å². The molecule has 0 saturated heterocycles. The molecule has 1 aromatic carbocycles. The summed E-state index contributed by atoms with van der Waals surface area (Å²) < 4.78 is 5.00. The third kappa shape index (κ3) is 3.34. The minimum absolute atomic E-state index is 0.00648. The molecule has 1 amide bonds. The highest BCUT2D eigenvalue weighted by molar-refractivity contribution is 5.94. The Kier molecular flexibility index (Phi) is 3.88. The second-order valence-corrected chi connectivity index (χ2v) is 5.24. The Morgan fingerprint density at radius 1 is 1.32 bits per heavy atom. The molecule has 2 rings (SSSR count). The van der Waals surface area contributed by atoms with Gasteiger partial charge in [0, 0.05) is 5.69 Å². The van der Waals surface area contributed by atoms with Crippen LogP contribution in [0.1, 0.15) is 24.5 Å². The molecule has 0 aliphatic heterocycles. The maximum Gasteiger partial charge on any atom is 0.309 e. The molecule has 4 heteroatoms. The molecule has 1 N–H and O–H groups in total. The minimum Gasteiger partial charge on any atom is -0.455 e. The normalized spacial score (nSPS) is 20.8. The van der Waals surface area contributed by atoms with Crippen LogP contribution in [0.15, 0.2) is 18.2 Å². The Bertz CT molecular complexity index is 490. The predicted molar refractivity (Wildman–Crippen MR) is 72.8 cm³/mol. The van der Waals surface area contributed by atoms with E-state index in [9.17, 15) is 9.59 Å². The largest absolute Gasteiger partial charge is 0.455 e. The first kappa shape index (κ1) is 13.6. The monoisotopic (exact) mass is 261 g/mol. The van der Waals surface area contributed by atoms with Gasteiger partial charge in [-0.05, 0) is 37.3 Å². The minimum atomic E-state index is -0.293. The van der Waals surface area contributed by atoms with Crippen LogP contribution in [0.4, 0.5) is 5.69 Å². The lowest BCUT2D eigenvalue weighted by Crippen LogP contribution is -2.22. The highest BCUT2D eigenvalue weighted by Gasteiger charge is 2.40. The standard InChI is InChI=1S/C15H19NO3/c1-9-5-4-6-10(2)14(9)16-13(17)8-19-15(18)12-7-11(12)3/h4-6,11-12H,7-8H2,1-3H3,(H,16,17)/t11-,12+/m1/s1. The van der Waals surface area contributed by atoms with Crippen molar-refractivity contribution < 1.29 is 14.3 Å². The number of hydrogen-bond donors (Lipinski definition) is 1. The molecule has 1 aromatic rings. The number of aryl methyl sites for hydroxylation is 2. The van der Waals surface area contributed by atoms with Gasteiger partial charge in [-0.3, -0.25) is 9.59 Å². The first-order valence-corrected chi connectivity index (χ1v) is 6.51. The summed E-state index contributed by atoms with van der Waals surface area (Å²) in [5.41, 5.74) is 2.79. The Balaban J connectivity index is 1.86. The topological polar surface area (TPSA) is 55.4 Å². The van der Waals surface area contributed by atoms with Gasteiger partial charge >= 0.3 is 5.97 Å².